The molecule has 0 fully saturated rings. The molecular formula is C16H12FN5OS. The van der Waals surface area contributed by atoms with Gasteiger partial charge in [0.05, 0.1) is 0 Å². The third-order valence-electron chi connectivity index (χ3n) is 3.41. The molecule has 0 unspecified atom stereocenters. The van der Waals surface area contributed by atoms with Gasteiger partial charge >= 0.3 is 0 Å². The Balaban J connectivity index is 1.65. The van der Waals surface area contributed by atoms with Crippen molar-refractivity contribution in [1.82, 2.24) is 24.3 Å². The van der Waals surface area contributed by atoms with Crippen molar-refractivity contribution >= 4 is 11.8 Å². The fourth-order valence-electron chi connectivity index (χ4n) is 2.25. The van der Waals surface area contributed by atoms with Crippen LogP contribution in [0.5, 0.6) is 0 Å². The summed E-state index contributed by atoms with van der Waals surface area (Å²) in [4.78, 5) is 4.35. The van der Waals surface area contributed by atoms with Gasteiger partial charge in [-0.25, -0.2) is 9.37 Å². The summed E-state index contributed by atoms with van der Waals surface area (Å²) in [5.41, 5.74) is 0.808. The summed E-state index contributed by atoms with van der Waals surface area (Å²) in [6.45, 7) is 0. The van der Waals surface area contributed by atoms with Crippen LogP contribution in [-0.2, 0) is 7.05 Å². The summed E-state index contributed by atoms with van der Waals surface area (Å²) in [6, 6.07) is 9.92. The summed E-state index contributed by atoms with van der Waals surface area (Å²) in [6.07, 6.45) is 5.12. The van der Waals surface area contributed by atoms with E-state index in [2.05, 4.69) is 15.2 Å². The van der Waals surface area contributed by atoms with E-state index >= 15 is 0 Å². The first-order valence-corrected chi connectivity index (χ1v) is 7.94. The molecule has 3 aromatic heterocycles. The number of halogens is 1. The van der Waals surface area contributed by atoms with Gasteiger partial charge in [-0.3, -0.25) is 4.57 Å². The Morgan fingerprint density at radius 2 is 1.96 bits per heavy atom. The molecule has 0 radical (unpaired) electrons. The molecule has 120 valence electrons. The summed E-state index contributed by atoms with van der Waals surface area (Å²) in [5, 5.41) is 9.28. The van der Waals surface area contributed by atoms with Gasteiger partial charge in [0.15, 0.2) is 21.8 Å². The first-order chi connectivity index (χ1) is 11.7. The Kier molecular flexibility index (Phi) is 3.66. The number of nitrogens with zero attached hydrogens (tertiary/aromatic N) is 5. The quantitative estimate of drug-likeness (QED) is 0.568. The van der Waals surface area contributed by atoms with Crippen LogP contribution in [-0.4, -0.2) is 24.3 Å². The fourth-order valence-corrected chi connectivity index (χ4v) is 2.97. The van der Waals surface area contributed by atoms with E-state index in [1.54, 1.807) is 30.9 Å². The van der Waals surface area contributed by atoms with E-state index < -0.39 is 0 Å². The first kappa shape index (κ1) is 14.7. The fraction of sp³-hybridized carbons (Fsp3) is 0.0625. The predicted octanol–water partition coefficient (Wildman–Crippen LogP) is 3.55. The van der Waals surface area contributed by atoms with Gasteiger partial charge in [-0.2, -0.15) is 0 Å². The Morgan fingerprint density at radius 3 is 2.71 bits per heavy atom. The third kappa shape index (κ3) is 2.71. The smallest absolute Gasteiger partial charge is 0.198 e. The van der Waals surface area contributed by atoms with Crippen LogP contribution < -0.4 is 0 Å². The summed E-state index contributed by atoms with van der Waals surface area (Å²) < 4.78 is 22.6. The number of hydrogen-bond acceptors (Lipinski definition) is 5. The minimum atomic E-state index is -0.277. The van der Waals surface area contributed by atoms with Crippen molar-refractivity contribution in [3.63, 3.8) is 0 Å². The van der Waals surface area contributed by atoms with Gasteiger partial charge < -0.3 is 8.98 Å². The van der Waals surface area contributed by atoms with Crippen LogP contribution in [0.2, 0.25) is 0 Å². The molecular weight excluding hydrogens is 329 g/mol. The Hall–Kier alpha value is -2.87. The normalized spacial score (nSPS) is 11.1. The molecule has 0 spiro atoms. The number of imidazole rings is 1. The lowest BCUT2D eigenvalue weighted by atomic mass is 10.3. The van der Waals surface area contributed by atoms with Gasteiger partial charge in [0.2, 0.25) is 0 Å². The summed E-state index contributed by atoms with van der Waals surface area (Å²) in [5.74, 6) is 0.987. The molecule has 0 N–H and O–H groups in total. The molecule has 4 aromatic rings. The van der Waals surface area contributed by atoms with E-state index in [-0.39, 0.29) is 5.82 Å². The van der Waals surface area contributed by atoms with E-state index in [0.29, 0.717) is 16.7 Å². The maximum atomic E-state index is 13.1. The van der Waals surface area contributed by atoms with Gasteiger partial charge in [-0.05, 0) is 48.2 Å². The topological polar surface area (TPSA) is 61.7 Å². The van der Waals surface area contributed by atoms with Gasteiger partial charge in [-0.1, -0.05) is 0 Å². The molecule has 0 amide bonds. The van der Waals surface area contributed by atoms with Crippen molar-refractivity contribution in [2.24, 2.45) is 7.05 Å². The Labute approximate surface area is 141 Å². The van der Waals surface area contributed by atoms with E-state index in [0.717, 1.165) is 10.8 Å². The molecule has 3 heterocycles. The molecule has 0 saturated heterocycles. The van der Waals surface area contributed by atoms with Crippen LogP contribution in [0.4, 0.5) is 4.39 Å². The number of hydrogen-bond donors (Lipinski definition) is 0. The Bertz CT molecular complexity index is 972. The molecule has 8 heteroatoms. The second-order valence-electron chi connectivity index (χ2n) is 5.04. The van der Waals surface area contributed by atoms with Gasteiger partial charge in [0, 0.05) is 25.1 Å². The maximum Gasteiger partial charge on any atom is 0.198 e. The number of aromatic nitrogens is 5. The predicted molar refractivity (Wildman–Crippen MR) is 86.4 cm³/mol. The number of aryl methyl sites for hydroxylation is 1. The lowest BCUT2D eigenvalue weighted by molar-refractivity contribution is 0.482. The van der Waals surface area contributed by atoms with E-state index in [4.69, 9.17) is 4.42 Å². The van der Waals surface area contributed by atoms with Gasteiger partial charge in [0.25, 0.3) is 0 Å². The molecule has 0 aliphatic rings. The van der Waals surface area contributed by atoms with E-state index in [1.165, 1.54) is 23.9 Å². The van der Waals surface area contributed by atoms with Gasteiger partial charge in [-0.15, -0.1) is 10.2 Å². The minimum absolute atomic E-state index is 0.277. The highest BCUT2D eigenvalue weighted by molar-refractivity contribution is 7.99. The molecule has 0 aliphatic carbocycles. The number of rotatable bonds is 4. The van der Waals surface area contributed by atoms with E-state index in [9.17, 15) is 4.39 Å². The highest BCUT2D eigenvalue weighted by Crippen LogP contribution is 2.31. The second-order valence-corrected chi connectivity index (χ2v) is 6.01. The van der Waals surface area contributed by atoms with Crippen molar-refractivity contribution in [1.29, 1.82) is 0 Å². The summed E-state index contributed by atoms with van der Waals surface area (Å²) in [7, 11) is 1.87. The molecule has 0 saturated carbocycles. The van der Waals surface area contributed by atoms with Gasteiger partial charge in [0.1, 0.15) is 12.1 Å². The van der Waals surface area contributed by atoms with Crippen molar-refractivity contribution in [2.45, 2.75) is 10.2 Å². The zero-order chi connectivity index (χ0) is 16.5. The zero-order valence-electron chi connectivity index (χ0n) is 12.6. The first-order valence-electron chi connectivity index (χ1n) is 7.12. The molecule has 4 rings (SSSR count). The molecule has 24 heavy (non-hydrogen) atoms. The molecule has 0 atom stereocenters. The average molecular weight is 341 g/mol. The van der Waals surface area contributed by atoms with Crippen molar-refractivity contribution in [3.05, 3.63) is 60.9 Å². The van der Waals surface area contributed by atoms with Crippen molar-refractivity contribution in [2.75, 3.05) is 0 Å². The minimum Gasteiger partial charge on any atom is -0.446 e. The Morgan fingerprint density at radius 1 is 1.12 bits per heavy atom. The van der Waals surface area contributed by atoms with E-state index in [1.807, 2.05) is 28.3 Å². The highest BCUT2D eigenvalue weighted by Gasteiger charge is 2.14. The zero-order valence-corrected chi connectivity index (χ0v) is 13.4. The van der Waals surface area contributed by atoms with Crippen LogP contribution in [0.1, 0.15) is 0 Å². The monoisotopic (exact) mass is 341 g/mol. The third-order valence-corrected chi connectivity index (χ3v) is 4.38. The largest absolute Gasteiger partial charge is 0.446 e. The standard InChI is InChI=1S/C16H12FN5OS/c1-21-10-19-20-16(21)24-14-7-6-13(23-14)15-18-8-9-22(15)12-4-2-11(17)3-5-12/h2-10H,1H3. The molecule has 6 nitrogen and oxygen atoms in total. The number of benzene rings is 1. The van der Waals surface area contributed by atoms with Crippen LogP contribution in [0, 0.1) is 5.82 Å². The average Bonchev–Trinajstić information content (AvgIpc) is 3.30. The summed E-state index contributed by atoms with van der Waals surface area (Å²) >= 11 is 1.38. The maximum absolute atomic E-state index is 13.1. The molecule has 1 aromatic carbocycles. The lowest BCUT2D eigenvalue weighted by Gasteiger charge is -2.05. The number of furan rings is 1. The highest BCUT2D eigenvalue weighted by atomic mass is 32.2. The van der Waals surface area contributed by atoms with Crippen LogP contribution >= 0.6 is 11.8 Å². The van der Waals surface area contributed by atoms with Crippen LogP contribution in [0.25, 0.3) is 17.3 Å². The van der Waals surface area contributed by atoms with Crippen LogP contribution in [0.15, 0.2) is 69.8 Å². The molecule has 0 aliphatic heterocycles. The lowest BCUT2D eigenvalue weighted by Crippen LogP contribution is -1.95. The van der Waals surface area contributed by atoms with Crippen LogP contribution in [0.3, 0.4) is 0 Å². The molecule has 0 bridgehead atoms. The van der Waals surface area contributed by atoms with Crippen molar-refractivity contribution < 1.29 is 8.81 Å². The van der Waals surface area contributed by atoms with Crippen molar-refractivity contribution in [3.8, 4) is 17.3 Å². The SMILES string of the molecule is Cn1cnnc1Sc1ccc(-c2nccn2-c2ccc(F)cc2)o1. The second kappa shape index (κ2) is 5.97.